The van der Waals surface area contributed by atoms with E-state index in [9.17, 15) is 18.8 Å². The van der Waals surface area contributed by atoms with Crippen LogP contribution >= 0.6 is 0 Å². The van der Waals surface area contributed by atoms with Gasteiger partial charge >= 0.3 is 0 Å². The summed E-state index contributed by atoms with van der Waals surface area (Å²) in [5.74, 6) is -2.86. The van der Waals surface area contributed by atoms with Crippen molar-refractivity contribution >= 4 is 11.9 Å². The fourth-order valence-corrected chi connectivity index (χ4v) is 4.55. The quantitative estimate of drug-likeness (QED) is 0.808. The maximum Gasteiger partial charge on any atom is 0.239 e. The Labute approximate surface area is 173 Å². The Morgan fingerprint density at radius 3 is 2.40 bits per heavy atom. The first kappa shape index (κ1) is 20.0. The van der Waals surface area contributed by atoms with Crippen molar-refractivity contribution in [3.63, 3.8) is 0 Å². The summed E-state index contributed by atoms with van der Waals surface area (Å²) in [4.78, 5) is 14.4. The van der Waals surface area contributed by atoms with Crippen molar-refractivity contribution in [1.82, 2.24) is 10.2 Å². The van der Waals surface area contributed by atoms with Gasteiger partial charge in [-0.1, -0.05) is 30.3 Å². The van der Waals surface area contributed by atoms with Crippen LogP contribution in [0.1, 0.15) is 48.8 Å². The Bertz CT molecular complexity index is 1070. The molecule has 0 radical (unpaired) electrons. The lowest BCUT2D eigenvalue weighted by atomic mass is 9.65. The van der Waals surface area contributed by atoms with E-state index in [0.717, 1.165) is 37.0 Å². The highest BCUT2D eigenvalue weighted by atomic mass is 19.1. The van der Waals surface area contributed by atoms with Gasteiger partial charge in [-0.3, -0.25) is 15.1 Å². The smallest absolute Gasteiger partial charge is 0.239 e. The van der Waals surface area contributed by atoms with Crippen LogP contribution in [0.3, 0.4) is 0 Å². The summed E-state index contributed by atoms with van der Waals surface area (Å²) in [5.41, 5.74) is -0.111. The molecule has 1 saturated heterocycles. The van der Waals surface area contributed by atoms with Gasteiger partial charge in [-0.15, -0.1) is 0 Å². The molecule has 1 aliphatic carbocycles. The van der Waals surface area contributed by atoms with Gasteiger partial charge in [-0.2, -0.15) is 5.26 Å². The van der Waals surface area contributed by atoms with E-state index in [0.29, 0.717) is 5.56 Å². The van der Waals surface area contributed by atoms with Crippen LogP contribution in [-0.2, 0) is 15.7 Å². The molecule has 2 atom stereocenters. The van der Waals surface area contributed by atoms with Crippen molar-refractivity contribution < 1.29 is 13.6 Å². The third kappa shape index (κ3) is 2.86. The number of hydrogen-bond acceptors (Lipinski definition) is 3. The third-order valence-electron chi connectivity index (χ3n) is 6.58. The van der Waals surface area contributed by atoms with E-state index in [1.54, 1.807) is 19.1 Å². The van der Waals surface area contributed by atoms with E-state index in [-0.39, 0.29) is 17.4 Å². The number of amides is 1. The minimum absolute atomic E-state index is 0.108. The van der Waals surface area contributed by atoms with Crippen LogP contribution in [0.5, 0.6) is 0 Å². The Balaban J connectivity index is 1.81. The molecule has 4 rings (SSSR count). The van der Waals surface area contributed by atoms with Gasteiger partial charge in [0.2, 0.25) is 5.91 Å². The molecule has 154 valence electrons. The minimum Gasteiger partial charge on any atom is -0.346 e. The molecular formula is C23H22F2N4O. The van der Waals surface area contributed by atoms with Gasteiger partial charge in [0.05, 0.1) is 22.9 Å². The lowest BCUT2D eigenvalue weighted by Gasteiger charge is -2.46. The number of rotatable bonds is 3. The molecule has 30 heavy (non-hydrogen) atoms. The highest BCUT2D eigenvalue weighted by Gasteiger charge is 2.49. The lowest BCUT2D eigenvalue weighted by Crippen LogP contribution is -2.62. The third-order valence-corrected chi connectivity index (χ3v) is 6.58. The van der Waals surface area contributed by atoms with Crippen molar-refractivity contribution in [2.45, 2.75) is 43.1 Å². The molecule has 2 aromatic carbocycles. The van der Waals surface area contributed by atoms with Crippen molar-refractivity contribution in [2.75, 3.05) is 7.05 Å². The highest BCUT2D eigenvalue weighted by Crippen LogP contribution is 2.45. The van der Waals surface area contributed by atoms with Crippen LogP contribution in [0.15, 0.2) is 42.5 Å². The molecule has 2 fully saturated rings. The average Bonchev–Trinajstić information content (AvgIpc) is 2.67. The molecule has 1 amide bonds. The van der Waals surface area contributed by atoms with Crippen LogP contribution in [0, 0.1) is 28.4 Å². The Morgan fingerprint density at radius 2 is 1.87 bits per heavy atom. The molecule has 1 heterocycles. The predicted molar refractivity (Wildman–Crippen MR) is 108 cm³/mol. The SMILES string of the molecule is CN1C(=N)N[C@](C)(c2ccc(F)cc2F)[C@H](c2ccc(C3(C#N)CCC3)cc2)C1=O. The van der Waals surface area contributed by atoms with Crippen LogP contribution in [0.25, 0.3) is 0 Å². The number of nitriles is 1. The van der Waals surface area contributed by atoms with Crippen molar-refractivity contribution in [2.24, 2.45) is 0 Å². The monoisotopic (exact) mass is 408 g/mol. The molecule has 1 saturated carbocycles. The van der Waals surface area contributed by atoms with E-state index in [4.69, 9.17) is 5.41 Å². The Kier molecular flexibility index (Phi) is 4.61. The van der Waals surface area contributed by atoms with Gasteiger partial charge in [0, 0.05) is 18.7 Å². The van der Waals surface area contributed by atoms with Crippen molar-refractivity contribution in [1.29, 1.82) is 10.7 Å². The molecule has 0 unspecified atom stereocenters. The molecule has 7 heteroatoms. The Hall–Kier alpha value is -3.27. The van der Waals surface area contributed by atoms with Gasteiger partial charge in [0.15, 0.2) is 5.96 Å². The second-order valence-electron chi connectivity index (χ2n) is 8.30. The van der Waals surface area contributed by atoms with Crippen molar-refractivity contribution in [3.8, 4) is 6.07 Å². The van der Waals surface area contributed by atoms with Crippen LogP contribution in [-0.4, -0.2) is 23.8 Å². The number of nitrogens with one attached hydrogen (secondary N) is 2. The van der Waals surface area contributed by atoms with Gasteiger partial charge in [0.25, 0.3) is 0 Å². The number of guanidine groups is 1. The lowest BCUT2D eigenvalue weighted by molar-refractivity contribution is -0.131. The minimum atomic E-state index is -1.29. The first-order valence-electron chi connectivity index (χ1n) is 9.83. The fraction of sp³-hybridized carbons (Fsp3) is 0.348. The van der Waals surface area contributed by atoms with E-state index in [1.807, 2.05) is 12.1 Å². The molecular weight excluding hydrogens is 386 g/mol. The molecule has 0 aromatic heterocycles. The van der Waals surface area contributed by atoms with E-state index in [2.05, 4.69) is 11.4 Å². The first-order chi connectivity index (χ1) is 14.2. The van der Waals surface area contributed by atoms with E-state index < -0.39 is 28.5 Å². The van der Waals surface area contributed by atoms with Gasteiger partial charge in [0.1, 0.15) is 11.6 Å². The second-order valence-corrected chi connectivity index (χ2v) is 8.30. The predicted octanol–water partition coefficient (Wildman–Crippen LogP) is 3.91. The largest absolute Gasteiger partial charge is 0.346 e. The molecule has 1 aliphatic heterocycles. The number of likely N-dealkylation sites (N-methyl/N-ethyl adjacent to an activating group) is 1. The zero-order chi connectivity index (χ0) is 21.7. The second kappa shape index (κ2) is 6.91. The maximum absolute atomic E-state index is 14.7. The highest BCUT2D eigenvalue weighted by molar-refractivity contribution is 6.02. The van der Waals surface area contributed by atoms with Gasteiger partial charge < -0.3 is 5.32 Å². The molecule has 0 spiro atoms. The number of carbonyl (C=O) groups excluding carboxylic acids is 1. The summed E-state index contributed by atoms with van der Waals surface area (Å²) in [7, 11) is 1.48. The summed E-state index contributed by atoms with van der Waals surface area (Å²) in [6, 6.07) is 12.9. The Morgan fingerprint density at radius 1 is 1.20 bits per heavy atom. The van der Waals surface area contributed by atoms with Gasteiger partial charge in [-0.25, -0.2) is 8.78 Å². The van der Waals surface area contributed by atoms with E-state index >= 15 is 0 Å². The number of carbonyl (C=O) groups is 1. The summed E-state index contributed by atoms with van der Waals surface area (Å²) >= 11 is 0. The summed E-state index contributed by atoms with van der Waals surface area (Å²) in [5, 5.41) is 20.7. The topological polar surface area (TPSA) is 80.0 Å². The van der Waals surface area contributed by atoms with Crippen LogP contribution in [0.4, 0.5) is 8.78 Å². The van der Waals surface area contributed by atoms with Crippen molar-refractivity contribution in [3.05, 3.63) is 70.8 Å². The molecule has 2 N–H and O–H groups in total. The van der Waals surface area contributed by atoms with Crippen LogP contribution < -0.4 is 5.32 Å². The first-order valence-corrected chi connectivity index (χ1v) is 9.83. The fourth-order valence-electron chi connectivity index (χ4n) is 4.55. The average molecular weight is 408 g/mol. The zero-order valence-corrected chi connectivity index (χ0v) is 16.8. The number of hydrogen-bond donors (Lipinski definition) is 2. The number of nitrogens with zero attached hydrogens (tertiary/aromatic N) is 2. The molecule has 2 aliphatic rings. The van der Waals surface area contributed by atoms with E-state index in [1.165, 1.54) is 18.0 Å². The molecule has 0 bridgehead atoms. The molecule has 5 nitrogen and oxygen atoms in total. The zero-order valence-electron chi connectivity index (χ0n) is 16.8. The summed E-state index contributed by atoms with van der Waals surface area (Å²) in [6.07, 6.45) is 2.63. The normalized spacial score (nSPS) is 25.3. The maximum atomic E-state index is 14.7. The number of halogens is 2. The standard InChI is InChI=1S/C23H22F2N4O/c1-22(17-9-8-16(24)12-18(17)25)19(20(30)29(2)21(27)28-22)14-4-6-15(7-5-14)23(13-26)10-3-11-23/h4-9,12,19H,3,10-11H2,1-2H3,(H2,27,28)/t19-,22-/m1/s1. The summed E-state index contributed by atoms with van der Waals surface area (Å²) < 4.78 is 28.2. The summed E-state index contributed by atoms with van der Waals surface area (Å²) in [6.45, 7) is 1.64. The van der Waals surface area contributed by atoms with Crippen LogP contribution in [0.2, 0.25) is 0 Å². The number of benzene rings is 2. The molecule has 2 aromatic rings. The van der Waals surface area contributed by atoms with Gasteiger partial charge in [-0.05, 0) is 43.4 Å².